The van der Waals surface area contributed by atoms with Crippen molar-refractivity contribution in [1.29, 1.82) is 0 Å². The molecule has 0 aliphatic carbocycles. The lowest BCUT2D eigenvalue weighted by atomic mass is 10.0. The van der Waals surface area contributed by atoms with Crippen molar-refractivity contribution >= 4 is 56.4 Å². The number of esters is 1. The quantitative estimate of drug-likeness (QED) is 0.0870. The highest BCUT2D eigenvalue weighted by atomic mass is 28.4. The molecule has 0 fully saturated rings. The summed E-state index contributed by atoms with van der Waals surface area (Å²) in [5.74, 6) is -0.374. The van der Waals surface area contributed by atoms with Gasteiger partial charge in [0.05, 0.1) is 19.2 Å². The smallest absolute Gasteiger partial charge is 0.310 e. The number of carbonyl (C=O) groups is 1. The van der Waals surface area contributed by atoms with Crippen LogP contribution in [0.3, 0.4) is 0 Å². The third-order valence-electron chi connectivity index (χ3n) is 5.77. The second kappa shape index (κ2) is 14.9. The van der Waals surface area contributed by atoms with Gasteiger partial charge in [-0.25, -0.2) is 0 Å². The van der Waals surface area contributed by atoms with Crippen LogP contribution in [0, 0.1) is 0 Å². The lowest BCUT2D eigenvalue weighted by Gasteiger charge is -2.42. The highest BCUT2D eigenvalue weighted by molar-refractivity contribution is 6.71. The molecule has 0 saturated carbocycles. The van der Waals surface area contributed by atoms with E-state index in [0.717, 1.165) is 16.5 Å². The Hall–Kier alpha value is -1.59. The van der Waals surface area contributed by atoms with Gasteiger partial charge in [-0.2, -0.15) is 0 Å². The molecule has 2 aromatic rings. The van der Waals surface area contributed by atoms with Crippen LogP contribution in [-0.4, -0.2) is 88.6 Å². The number of ether oxygens (including phenoxy) is 1. The molecule has 0 radical (unpaired) electrons. The van der Waals surface area contributed by atoms with Gasteiger partial charge in [0.2, 0.25) is 0 Å². The summed E-state index contributed by atoms with van der Waals surface area (Å²) in [7, 11) is -6.92. The standard InChI is InChI=1S/C29H54N2O7Si4/c1-33-31-20-25(36-40(5,6)7)29(38-42(11,12)13)28(26(37-41(8,9)10)21-34-39(2,3)4)35-27(32)18-22-19-30-24-17-15-14-16-23(22)24/h14-17,19-20,25-26,28-30H,18,21H2,1-13H3/b31-20+. The number of aromatic nitrogens is 1. The fraction of sp³-hybridized carbons (Fsp3) is 0.655. The summed E-state index contributed by atoms with van der Waals surface area (Å²) in [5.41, 5.74) is 1.84. The molecule has 0 bridgehead atoms. The second-order valence-electron chi connectivity index (χ2n) is 14.5. The van der Waals surface area contributed by atoms with Crippen molar-refractivity contribution in [2.45, 2.75) is 109 Å². The van der Waals surface area contributed by atoms with Crippen LogP contribution in [0.25, 0.3) is 10.9 Å². The Balaban J connectivity index is 2.63. The molecular weight excluding hydrogens is 601 g/mol. The summed E-state index contributed by atoms with van der Waals surface area (Å²) in [6, 6.07) is 7.92. The first kappa shape index (κ1) is 36.6. The predicted molar refractivity (Wildman–Crippen MR) is 181 cm³/mol. The summed E-state index contributed by atoms with van der Waals surface area (Å²) in [5, 5.41) is 5.08. The van der Waals surface area contributed by atoms with Crippen LogP contribution in [0.15, 0.2) is 35.6 Å². The van der Waals surface area contributed by atoms with Crippen LogP contribution in [0.5, 0.6) is 0 Å². The van der Waals surface area contributed by atoms with E-state index in [2.05, 4.69) is 88.7 Å². The zero-order chi connectivity index (χ0) is 31.9. The Labute approximate surface area is 257 Å². The van der Waals surface area contributed by atoms with Gasteiger partial charge in [0, 0.05) is 17.1 Å². The zero-order valence-electron chi connectivity index (χ0n) is 28.0. The van der Waals surface area contributed by atoms with Crippen molar-refractivity contribution in [1.82, 2.24) is 4.98 Å². The number of para-hydroxylation sites is 1. The van der Waals surface area contributed by atoms with Crippen molar-refractivity contribution < 1.29 is 32.1 Å². The number of hydrogen-bond donors (Lipinski definition) is 1. The molecule has 4 unspecified atom stereocenters. The summed E-state index contributed by atoms with van der Waals surface area (Å²) in [6.45, 7) is 25.7. The Kier molecular flexibility index (Phi) is 13.0. The molecule has 0 aliphatic heterocycles. The minimum absolute atomic E-state index is 0.0976. The number of nitrogens with zero attached hydrogens (tertiary/aromatic N) is 1. The van der Waals surface area contributed by atoms with Crippen LogP contribution < -0.4 is 0 Å². The fourth-order valence-corrected chi connectivity index (χ4v) is 8.28. The molecule has 9 nitrogen and oxygen atoms in total. The molecule has 0 saturated heterocycles. The topological polar surface area (TPSA) is 101 Å². The van der Waals surface area contributed by atoms with Gasteiger partial charge in [0.25, 0.3) is 0 Å². The van der Waals surface area contributed by atoms with Crippen LogP contribution in [-0.2, 0) is 38.5 Å². The monoisotopic (exact) mass is 654 g/mol. The minimum atomic E-state index is -2.21. The van der Waals surface area contributed by atoms with E-state index >= 15 is 0 Å². The molecular formula is C29H54N2O7Si4. The van der Waals surface area contributed by atoms with Crippen LogP contribution in [0.1, 0.15) is 5.56 Å². The van der Waals surface area contributed by atoms with Gasteiger partial charge in [-0.05, 0) is 90.2 Å². The largest absolute Gasteiger partial charge is 0.456 e. The molecule has 1 aromatic heterocycles. The molecule has 13 heteroatoms. The van der Waals surface area contributed by atoms with E-state index in [1.807, 2.05) is 30.5 Å². The molecule has 0 spiro atoms. The number of nitrogens with one attached hydrogen (secondary N) is 1. The third-order valence-corrected chi connectivity index (χ3v) is 9.77. The first-order chi connectivity index (χ1) is 19.2. The van der Waals surface area contributed by atoms with Gasteiger partial charge >= 0.3 is 5.97 Å². The average Bonchev–Trinajstić information content (AvgIpc) is 3.22. The van der Waals surface area contributed by atoms with Gasteiger partial charge < -0.3 is 32.3 Å². The van der Waals surface area contributed by atoms with Crippen LogP contribution in [0.2, 0.25) is 78.6 Å². The van der Waals surface area contributed by atoms with Crippen molar-refractivity contribution in [3.8, 4) is 0 Å². The number of hydrogen-bond acceptors (Lipinski definition) is 8. The number of carbonyl (C=O) groups excluding carboxylic acids is 1. The Morgan fingerprint density at radius 2 is 1.43 bits per heavy atom. The maximum absolute atomic E-state index is 13.8. The summed E-state index contributed by atoms with van der Waals surface area (Å²) >= 11 is 0. The highest BCUT2D eigenvalue weighted by Gasteiger charge is 2.44. The molecule has 4 atom stereocenters. The average molecular weight is 655 g/mol. The van der Waals surface area contributed by atoms with E-state index in [9.17, 15) is 4.79 Å². The highest BCUT2D eigenvalue weighted by Crippen LogP contribution is 2.27. The Morgan fingerprint density at radius 3 is 1.98 bits per heavy atom. The fourth-order valence-electron chi connectivity index (χ4n) is 4.40. The van der Waals surface area contributed by atoms with E-state index in [1.54, 1.807) is 6.21 Å². The number of aromatic amines is 1. The molecule has 0 aliphatic rings. The van der Waals surface area contributed by atoms with Gasteiger partial charge in [-0.1, -0.05) is 23.4 Å². The predicted octanol–water partition coefficient (Wildman–Crippen LogP) is 6.77. The molecule has 1 N–H and O–H groups in total. The SMILES string of the molecule is CO/N=C/C(O[Si](C)(C)C)C(O[Si](C)(C)C)C(OC(=O)Cc1c[nH]c2ccccc12)C(CO[Si](C)(C)C)O[Si](C)(C)C. The number of fused-ring (bicyclic) bond motifs is 1. The summed E-state index contributed by atoms with van der Waals surface area (Å²) in [4.78, 5) is 22.1. The maximum atomic E-state index is 13.8. The first-order valence-electron chi connectivity index (χ1n) is 14.7. The molecule has 1 heterocycles. The lowest BCUT2D eigenvalue weighted by Crippen LogP contribution is -2.58. The van der Waals surface area contributed by atoms with Gasteiger partial charge in [0.15, 0.2) is 39.4 Å². The number of benzene rings is 1. The van der Waals surface area contributed by atoms with Gasteiger partial charge in [-0.3, -0.25) is 4.79 Å². The van der Waals surface area contributed by atoms with E-state index in [4.69, 9.17) is 27.3 Å². The molecule has 0 amide bonds. The molecule has 2 rings (SSSR count). The van der Waals surface area contributed by atoms with Crippen molar-refractivity contribution in [2.75, 3.05) is 13.7 Å². The van der Waals surface area contributed by atoms with Gasteiger partial charge in [-0.15, -0.1) is 0 Å². The molecule has 1 aromatic carbocycles. The number of rotatable bonds is 17. The van der Waals surface area contributed by atoms with Crippen LogP contribution in [0.4, 0.5) is 0 Å². The van der Waals surface area contributed by atoms with E-state index < -0.39 is 57.7 Å². The molecule has 42 heavy (non-hydrogen) atoms. The van der Waals surface area contributed by atoms with E-state index in [0.29, 0.717) is 0 Å². The van der Waals surface area contributed by atoms with Crippen molar-refractivity contribution in [2.24, 2.45) is 5.16 Å². The van der Waals surface area contributed by atoms with Crippen molar-refractivity contribution in [3.63, 3.8) is 0 Å². The Bertz CT molecular complexity index is 1160. The third kappa shape index (κ3) is 13.4. The summed E-state index contributed by atoms with van der Waals surface area (Å²) < 4.78 is 33.1. The van der Waals surface area contributed by atoms with Crippen molar-refractivity contribution in [3.05, 3.63) is 36.0 Å². The van der Waals surface area contributed by atoms with E-state index in [-0.39, 0.29) is 19.0 Å². The lowest BCUT2D eigenvalue weighted by molar-refractivity contribution is -0.166. The second-order valence-corrected chi connectivity index (χ2v) is 32.4. The summed E-state index contributed by atoms with van der Waals surface area (Å²) in [6.07, 6.45) is 0.871. The van der Waals surface area contributed by atoms with E-state index in [1.165, 1.54) is 7.11 Å². The minimum Gasteiger partial charge on any atom is -0.456 e. The Morgan fingerprint density at radius 1 is 0.833 bits per heavy atom. The van der Waals surface area contributed by atoms with Crippen LogP contribution >= 0.6 is 0 Å². The number of H-pyrrole nitrogens is 1. The first-order valence-corrected chi connectivity index (χ1v) is 28.3. The number of oxime groups is 1. The maximum Gasteiger partial charge on any atom is 0.310 e. The zero-order valence-corrected chi connectivity index (χ0v) is 32.0. The normalized spacial score (nSPS) is 16.4. The molecule has 238 valence electrons. The van der Waals surface area contributed by atoms with Gasteiger partial charge in [0.1, 0.15) is 25.4 Å².